The van der Waals surface area contributed by atoms with Crippen LogP contribution in [-0.4, -0.2) is 54.2 Å². The molecule has 0 atom stereocenters. The maximum Gasteiger partial charge on any atom is 0.329 e. The minimum atomic E-state index is -0.521. The third kappa shape index (κ3) is 3.76. The molecule has 1 aromatic rings. The van der Waals surface area contributed by atoms with E-state index in [1.54, 1.807) is 0 Å². The van der Waals surface area contributed by atoms with E-state index in [0.717, 1.165) is 32.8 Å². The standard InChI is InChI=1S/C11H15ClN4O3/c12-9-1-2-13-11(10(9)16(17)18)14-3-4-15-5-7-19-8-6-15/h1-2H,3-8H2,(H,13,14). The number of hydrogen-bond acceptors (Lipinski definition) is 6. The van der Waals surface area contributed by atoms with Crippen molar-refractivity contribution in [2.24, 2.45) is 0 Å². The summed E-state index contributed by atoms with van der Waals surface area (Å²) in [5, 5.41) is 14.0. The van der Waals surface area contributed by atoms with Gasteiger partial charge >= 0.3 is 5.69 Å². The van der Waals surface area contributed by atoms with E-state index in [2.05, 4.69) is 15.2 Å². The third-order valence-electron chi connectivity index (χ3n) is 2.88. The highest BCUT2D eigenvalue weighted by Crippen LogP contribution is 2.29. The minimum absolute atomic E-state index is 0.0915. The number of nitro groups is 1. The number of nitrogens with zero attached hydrogens (tertiary/aromatic N) is 3. The molecule has 104 valence electrons. The number of anilines is 1. The Morgan fingerprint density at radius 3 is 2.95 bits per heavy atom. The smallest absolute Gasteiger partial charge is 0.329 e. The van der Waals surface area contributed by atoms with E-state index < -0.39 is 4.92 Å². The molecule has 1 N–H and O–H groups in total. The van der Waals surface area contributed by atoms with Crippen LogP contribution in [0.1, 0.15) is 0 Å². The zero-order valence-electron chi connectivity index (χ0n) is 10.3. The first-order valence-electron chi connectivity index (χ1n) is 6.01. The zero-order chi connectivity index (χ0) is 13.7. The normalized spacial score (nSPS) is 16.3. The Morgan fingerprint density at radius 2 is 2.26 bits per heavy atom. The fourth-order valence-corrected chi connectivity index (χ4v) is 2.11. The predicted octanol–water partition coefficient (Wildman–Crippen LogP) is 1.39. The van der Waals surface area contributed by atoms with Crippen molar-refractivity contribution >= 4 is 23.1 Å². The van der Waals surface area contributed by atoms with Gasteiger partial charge in [-0.2, -0.15) is 0 Å². The number of nitrogens with one attached hydrogen (secondary N) is 1. The van der Waals surface area contributed by atoms with Crippen LogP contribution in [0, 0.1) is 10.1 Å². The Morgan fingerprint density at radius 1 is 1.53 bits per heavy atom. The average molecular weight is 287 g/mol. The first-order chi connectivity index (χ1) is 9.18. The van der Waals surface area contributed by atoms with Gasteiger partial charge in [-0.15, -0.1) is 0 Å². The number of morpholine rings is 1. The molecule has 1 aliphatic heterocycles. The molecule has 1 aromatic heterocycles. The van der Waals surface area contributed by atoms with Crippen LogP contribution < -0.4 is 5.32 Å². The molecule has 2 rings (SSSR count). The zero-order valence-corrected chi connectivity index (χ0v) is 11.1. The van der Waals surface area contributed by atoms with Gasteiger partial charge in [0.2, 0.25) is 5.82 Å². The van der Waals surface area contributed by atoms with Crippen molar-refractivity contribution in [3.05, 3.63) is 27.4 Å². The highest BCUT2D eigenvalue weighted by Gasteiger charge is 2.19. The van der Waals surface area contributed by atoms with Crippen LogP contribution in [0.5, 0.6) is 0 Å². The van der Waals surface area contributed by atoms with Crippen molar-refractivity contribution < 1.29 is 9.66 Å². The quantitative estimate of drug-likeness (QED) is 0.651. The molecule has 0 radical (unpaired) electrons. The lowest BCUT2D eigenvalue weighted by atomic mass is 10.3. The fraction of sp³-hybridized carbons (Fsp3) is 0.545. The summed E-state index contributed by atoms with van der Waals surface area (Å²) in [5.74, 6) is 0.214. The van der Waals surface area contributed by atoms with Crippen molar-refractivity contribution in [3.8, 4) is 0 Å². The van der Waals surface area contributed by atoms with Gasteiger partial charge in [0.15, 0.2) is 0 Å². The molecule has 0 unspecified atom stereocenters. The molecule has 0 aliphatic carbocycles. The van der Waals surface area contributed by atoms with E-state index in [4.69, 9.17) is 16.3 Å². The second-order valence-electron chi connectivity index (χ2n) is 4.13. The molecule has 0 bridgehead atoms. The van der Waals surface area contributed by atoms with Crippen LogP contribution in [0.3, 0.4) is 0 Å². The van der Waals surface area contributed by atoms with Gasteiger partial charge in [-0.25, -0.2) is 4.98 Å². The molecule has 19 heavy (non-hydrogen) atoms. The molecule has 1 aliphatic rings. The lowest BCUT2D eigenvalue weighted by Gasteiger charge is -2.26. The Hall–Kier alpha value is -1.44. The predicted molar refractivity (Wildman–Crippen MR) is 71.7 cm³/mol. The SMILES string of the molecule is O=[N+]([O-])c1c(Cl)ccnc1NCCN1CCOCC1. The monoisotopic (exact) mass is 286 g/mol. The minimum Gasteiger partial charge on any atom is -0.379 e. The lowest BCUT2D eigenvalue weighted by Crippen LogP contribution is -2.39. The highest BCUT2D eigenvalue weighted by molar-refractivity contribution is 6.33. The van der Waals surface area contributed by atoms with Gasteiger partial charge < -0.3 is 10.1 Å². The molecule has 0 spiro atoms. The van der Waals surface area contributed by atoms with Gasteiger partial charge in [-0.1, -0.05) is 11.6 Å². The van der Waals surface area contributed by atoms with E-state index >= 15 is 0 Å². The second-order valence-corrected chi connectivity index (χ2v) is 4.54. The largest absolute Gasteiger partial charge is 0.379 e. The topological polar surface area (TPSA) is 80.5 Å². The van der Waals surface area contributed by atoms with Crippen LogP contribution in [-0.2, 0) is 4.74 Å². The van der Waals surface area contributed by atoms with E-state index in [1.165, 1.54) is 12.3 Å². The van der Waals surface area contributed by atoms with Gasteiger partial charge in [0.25, 0.3) is 0 Å². The van der Waals surface area contributed by atoms with Crippen molar-refractivity contribution in [3.63, 3.8) is 0 Å². The van der Waals surface area contributed by atoms with Crippen LogP contribution >= 0.6 is 11.6 Å². The number of aromatic nitrogens is 1. The summed E-state index contributed by atoms with van der Waals surface area (Å²) in [4.78, 5) is 16.6. The van der Waals surface area contributed by atoms with Crippen LogP contribution in [0.2, 0.25) is 5.02 Å². The number of hydrogen-bond donors (Lipinski definition) is 1. The van der Waals surface area contributed by atoms with Gasteiger partial charge in [0.05, 0.1) is 18.1 Å². The molecule has 2 heterocycles. The molecule has 0 saturated carbocycles. The average Bonchev–Trinajstić information content (AvgIpc) is 2.39. The molecule has 0 aromatic carbocycles. The van der Waals surface area contributed by atoms with Crippen molar-refractivity contribution in [1.29, 1.82) is 0 Å². The van der Waals surface area contributed by atoms with Gasteiger partial charge in [0, 0.05) is 32.4 Å². The Balaban J connectivity index is 1.92. The van der Waals surface area contributed by atoms with Gasteiger partial charge in [-0.3, -0.25) is 15.0 Å². The van der Waals surface area contributed by atoms with E-state index in [-0.39, 0.29) is 16.5 Å². The first-order valence-corrected chi connectivity index (χ1v) is 6.39. The summed E-state index contributed by atoms with van der Waals surface area (Å²) >= 11 is 5.80. The van der Waals surface area contributed by atoms with Gasteiger partial charge in [-0.05, 0) is 6.07 Å². The molecule has 1 saturated heterocycles. The van der Waals surface area contributed by atoms with Gasteiger partial charge in [0.1, 0.15) is 5.02 Å². The molecule has 7 nitrogen and oxygen atoms in total. The van der Waals surface area contributed by atoms with Crippen LogP contribution in [0.15, 0.2) is 12.3 Å². The summed E-state index contributed by atoms with van der Waals surface area (Å²) < 4.78 is 5.25. The lowest BCUT2D eigenvalue weighted by molar-refractivity contribution is -0.384. The van der Waals surface area contributed by atoms with E-state index in [9.17, 15) is 10.1 Å². The van der Waals surface area contributed by atoms with Crippen molar-refractivity contribution in [2.45, 2.75) is 0 Å². The number of pyridine rings is 1. The molecule has 8 heteroatoms. The molecule has 0 amide bonds. The van der Waals surface area contributed by atoms with E-state index in [0.29, 0.717) is 6.54 Å². The Bertz CT molecular complexity index is 452. The van der Waals surface area contributed by atoms with E-state index in [1.807, 2.05) is 0 Å². The fourth-order valence-electron chi connectivity index (χ4n) is 1.89. The number of ether oxygens (including phenoxy) is 1. The third-order valence-corrected chi connectivity index (χ3v) is 3.19. The Labute approximate surface area is 115 Å². The second kappa shape index (κ2) is 6.65. The van der Waals surface area contributed by atoms with Crippen LogP contribution in [0.25, 0.3) is 0 Å². The Kier molecular flexibility index (Phi) is 4.89. The van der Waals surface area contributed by atoms with Crippen molar-refractivity contribution in [2.75, 3.05) is 44.7 Å². The maximum atomic E-state index is 10.9. The summed E-state index contributed by atoms with van der Waals surface area (Å²) in [6.45, 7) is 4.59. The summed E-state index contributed by atoms with van der Waals surface area (Å²) in [6, 6.07) is 1.41. The molecular formula is C11H15ClN4O3. The van der Waals surface area contributed by atoms with Crippen molar-refractivity contribution in [1.82, 2.24) is 9.88 Å². The highest BCUT2D eigenvalue weighted by atomic mass is 35.5. The van der Waals surface area contributed by atoms with Crippen LogP contribution in [0.4, 0.5) is 11.5 Å². The summed E-state index contributed by atoms with van der Waals surface area (Å²) in [6.07, 6.45) is 1.45. The number of rotatable bonds is 5. The molecular weight excluding hydrogens is 272 g/mol. The summed E-state index contributed by atoms with van der Waals surface area (Å²) in [5.41, 5.74) is -0.175. The summed E-state index contributed by atoms with van der Waals surface area (Å²) in [7, 11) is 0. The number of halogens is 1. The molecule has 1 fully saturated rings. The maximum absolute atomic E-state index is 10.9. The first kappa shape index (κ1) is 14.0.